The molecule has 0 N–H and O–H groups in total. The zero-order chi connectivity index (χ0) is 21.5. The van der Waals surface area contributed by atoms with Crippen molar-refractivity contribution in [3.05, 3.63) is 70.1 Å². The quantitative estimate of drug-likeness (QED) is 0.291. The second-order valence-electron chi connectivity index (χ2n) is 6.42. The van der Waals surface area contributed by atoms with Crippen LogP contribution in [0.1, 0.15) is 37.8 Å². The fourth-order valence-corrected chi connectivity index (χ4v) is 2.79. The fourth-order valence-electron chi connectivity index (χ4n) is 2.79. The summed E-state index contributed by atoms with van der Waals surface area (Å²) in [6, 6.07) is 13.3. The Morgan fingerprint density at radius 2 is 1.90 bits per heavy atom. The van der Waals surface area contributed by atoms with Crippen molar-refractivity contribution in [2.75, 3.05) is 6.61 Å². The molecule has 0 spiro atoms. The van der Waals surface area contributed by atoms with Crippen LogP contribution in [-0.4, -0.2) is 27.7 Å². The number of hydrogen-bond donors (Lipinski definition) is 0. The van der Waals surface area contributed by atoms with Crippen LogP contribution in [0.3, 0.4) is 0 Å². The lowest BCUT2D eigenvalue weighted by Gasteiger charge is -2.11. The summed E-state index contributed by atoms with van der Waals surface area (Å²) in [7, 11) is 0. The molecule has 1 atom stereocenters. The van der Waals surface area contributed by atoms with Gasteiger partial charge >= 0.3 is 5.97 Å². The van der Waals surface area contributed by atoms with E-state index in [9.17, 15) is 14.9 Å². The molecule has 1 heterocycles. The summed E-state index contributed by atoms with van der Waals surface area (Å²) in [5.41, 5.74) is 1.43. The highest BCUT2D eigenvalue weighted by Gasteiger charge is 2.19. The molecule has 0 aliphatic carbocycles. The lowest BCUT2D eigenvalue weighted by atomic mass is 10.1. The minimum Gasteiger partial charge on any atom is -0.494 e. The molecule has 0 amide bonds. The Hall–Kier alpha value is -3.75. The van der Waals surface area contributed by atoms with Crippen LogP contribution in [0.5, 0.6) is 5.75 Å². The number of rotatable bonds is 9. The number of carbonyl (C=O) groups is 1. The summed E-state index contributed by atoms with van der Waals surface area (Å²) in [6.45, 7) is 4.09. The van der Waals surface area contributed by atoms with Gasteiger partial charge in [-0.3, -0.25) is 14.9 Å². The van der Waals surface area contributed by atoms with Crippen molar-refractivity contribution in [1.82, 2.24) is 10.2 Å². The van der Waals surface area contributed by atoms with Crippen molar-refractivity contribution in [3.8, 4) is 17.2 Å². The molecule has 0 saturated heterocycles. The molecule has 3 aromatic rings. The SMILES string of the molecule is CCOc1ccccc1CCC(=O)O[C@@H](C)c1nnc(-c2ccc([N+](=O)[O-])cc2)o1. The van der Waals surface area contributed by atoms with Crippen molar-refractivity contribution in [1.29, 1.82) is 0 Å². The lowest BCUT2D eigenvalue weighted by Crippen LogP contribution is -2.10. The third-order valence-electron chi connectivity index (χ3n) is 4.29. The Bertz CT molecular complexity index is 1020. The van der Waals surface area contributed by atoms with Crippen molar-refractivity contribution < 1.29 is 23.6 Å². The maximum atomic E-state index is 12.2. The smallest absolute Gasteiger partial charge is 0.306 e. The van der Waals surface area contributed by atoms with E-state index in [-0.39, 0.29) is 23.9 Å². The Labute approximate surface area is 172 Å². The molecule has 1 aromatic heterocycles. The molecule has 156 valence electrons. The number of para-hydroxylation sites is 1. The third-order valence-corrected chi connectivity index (χ3v) is 4.29. The number of aromatic nitrogens is 2. The summed E-state index contributed by atoms with van der Waals surface area (Å²) < 4.78 is 16.5. The number of nitrogens with zero attached hydrogens (tertiary/aromatic N) is 3. The molecule has 0 bridgehead atoms. The van der Waals surface area contributed by atoms with Gasteiger partial charge in [0.2, 0.25) is 5.89 Å². The van der Waals surface area contributed by atoms with Crippen LogP contribution in [0.2, 0.25) is 0 Å². The zero-order valence-corrected chi connectivity index (χ0v) is 16.6. The predicted molar refractivity (Wildman–Crippen MR) is 107 cm³/mol. The topological polar surface area (TPSA) is 118 Å². The Kier molecular flexibility index (Phi) is 6.74. The van der Waals surface area contributed by atoms with E-state index in [1.165, 1.54) is 24.3 Å². The molecule has 0 fully saturated rings. The highest BCUT2D eigenvalue weighted by molar-refractivity contribution is 5.70. The number of non-ortho nitro benzene ring substituents is 1. The lowest BCUT2D eigenvalue weighted by molar-refractivity contribution is -0.384. The van der Waals surface area contributed by atoms with Gasteiger partial charge in [-0.05, 0) is 44.0 Å². The number of benzene rings is 2. The number of nitro groups is 1. The molecule has 9 nitrogen and oxygen atoms in total. The maximum absolute atomic E-state index is 12.2. The van der Waals surface area contributed by atoms with Gasteiger partial charge in [0.1, 0.15) is 5.75 Å². The van der Waals surface area contributed by atoms with Crippen LogP contribution in [0, 0.1) is 10.1 Å². The molecule has 2 aromatic carbocycles. The van der Waals surface area contributed by atoms with Crippen molar-refractivity contribution in [2.45, 2.75) is 32.8 Å². The molecule has 30 heavy (non-hydrogen) atoms. The minimum atomic E-state index is -0.723. The van der Waals surface area contributed by atoms with Crippen molar-refractivity contribution in [3.63, 3.8) is 0 Å². The molecule has 0 aliphatic heterocycles. The van der Waals surface area contributed by atoms with E-state index in [1.807, 2.05) is 31.2 Å². The normalized spacial score (nSPS) is 11.7. The average Bonchev–Trinajstić information content (AvgIpc) is 3.24. The monoisotopic (exact) mass is 411 g/mol. The fraction of sp³-hybridized carbons (Fsp3) is 0.286. The number of ether oxygens (including phenoxy) is 2. The summed E-state index contributed by atoms with van der Waals surface area (Å²) in [5.74, 6) is 0.689. The van der Waals surface area contributed by atoms with E-state index >= 15 is 0 Å². The molecule has 0 aliphatic rings. The first kappa shape index (κ1) is 21.0. The standard InChI is InChI=1S/C21H21N3O6/c1-3-28-18-7-5-4-6-15(18)10-13-19(25)29-14(2)20-22-23-21(30-20)16-8-11-17(12-9-16)24(26)27/h4-9,11-12,14H,3,10,13H2,1-2H3/t14-/m0/s1. The van der Waals surface area contributed by atoms with E-state index in [0.717, 1.165) is 11.3 Å². The van der Waals surface area contributed by atoms with Crippen molar-refractivity contribution >= 4 is 11.7 Å². The van der Waals surface area contributed by atoms with E-state index < -0.39 is 17.0 Å². The molecular weight excluding hydrogens is 390 g/mol. The number of esters is 1. The van der Waals surface area contributed by atoms with Gasteiger partial charge in [-0.25, -0.2) is 0 Å². The first-order valence-electron chi connectivity index (χ1n) is 9.46. The van der Waals surface area contributed by atoms with Crippen LogP contribution in [-0.2, 0) is 16.0 Å². The summed E-state index contributed by atoms with van der Waals surface area (Å²) in [6.07, 6.45) is -0.0591. The van der Waals surface area contributed by atoms with E-state index in [4.69, 9.17) is 13.9 Å². The van der Waals surface area contributed by atoms with Crippen LogP contribution in [0.4, 0.5) is 5.69 Å². The van der Waals surface area contributed by atoms with Gasteiger partial charge in [0.05, 0.1) is 11.5 Å². The van der Waals surface area contributed by atoms with Gasteiger partial charge in [0, 0.05) is 24.1 Å². The number of nitro benzene ring substituents is 1. The van der Waals surface area contributed by atoms with Crippen LogP contribution in [0.15, 0.2) is 52.9 Å². The molecular formula is C21H21N3O6. The molecule has 0 saturated carbocycles. The molecule has 3 rings (SSSR count). The minimum absolute atomic E-state index is 0.0355. The highest BCUT2D eigenvalue weighted by Crippen LogP contribution is 2.25. The maximum Gasteiger partial charge on any atom is 0.306 e. The van der Waals surface area contributed by atoms with Gasteiger partial charge in [-0.15, -0.1) is 10.2 Å². The summed E-state index contributed by atoms with van der Waals surface area (Å²) >= 11 is 0. The van der Waals surface area contributed by atoms with Gasteiger partial charge < -0.3 is 13.9 Å². The van der Waals surface area contributed by atoms with E-state index in [1.54, 1.807) is 6.92 Å². The number of aryl methyl sites for hydroxylation is 1. The number of hydrogen-bond acceptors (Lipinski definition) is 8. The number of carbonyl (C=O) groups excluding carboxylic acids is 1. The largest absolute Gasteiger partial charge is 0.494 e. The second-order valence-corrected chi connectivity index (χ2v) is 6.42. The van der Waals surface area contributed by atoms with Gasteiger partial charge in [-0.2, -0.15) is 0 Å². The first-order chi connectivity index (χ1) is 14.5. The third kappa shape index (κ3) is 5.19. The average molecular weight is 411 g/mol. The van der Waals surface area contributed by atoms with Crippen molar-refractivity contribution in [2.24, 2.45) is 0 Å². The predicted octanol–water partition coefficient (Wildman–Crippen LogP) is 4.28. The Morgan fingerprint density at radius 1 is 1.17 bits per heavy atom. The van der Waals surface area contributed by atoms with Gasteiger partial charge in [-0.1, -0.05) is 18.2 Å². The van der Waals surface area contributed by atoms with Crippen LogP contribution in [0.25, 0.3) is 11.5 Å². The Balaban J connectivity index is 1.58. The Morgan fingerprint density at radius 3 is 2.60 bits per heavy atom. The second kappa shape index (κ2) is 9.64. The van der Waals surface area contributed by atoms with Crippen LogP contribution < -0.4 is 4.74 Å². The first-order valence-corrected chi connectivity index (χ1v) is 9.46. The summed E-state index contributed by atoms with van der Waals surface area (Å²) in [5, 5.41) is 18.6. The summed E-state index contributed by atoms with van der Waals surface area (Å²) in [4.78, 5) is 22.5. The van der Waals surface area contributed by atoms with Crippen LogP contribution >= 0.6 is 0 Å². The highest BCUT2D eigenvalue weighted by atomic mass is 16.6. The molecule has 0 radical (unpaired) electrons. The van der Waals surface area contributed by atoms with Gasteiger partial charge in [0.25, 0.3) is 11.6 Å². The zero-order valence-electron chi connectivity index (χ0n) is 16.6. The molecule has 9 heteroatoms. The van der Waals surface area contributed by atoms with Gasteiger partial charge in [0.15, 0.2) is 6.10 Å². The van der Waals surface area contributed by atoms with E-state index in [2.05, 4.69) is 10.2 Å². The molecule has 0 unspecified atom stereocenters. The van der Waals surface area contributed by atoms with E-state index in [0.29, 0.717) is 18.6 Å².